The molecule has 0 saturated carbocycles. The van der Waals surface area contributed by atoms with Crippen molar-refractivity contribution in [3.63, 3.8) is 0 Å². The first-order chi connectivity index (χ1) is 16.4. The highest BCUT2D eigenvalue weighted by Crippen LogP contribution is 2.12. The molecule has 3 aromatic carbocycles. The Balaban J connectivity index is 1.72. The molecular weight excluding hydrogens is 426 g/mol. The van der Waals surface area contributed by atoms with Gasteiger partial charge in [0.25, 0.3) is 11.8 Å². The quantitative estimate of drug-likeness (QED) is 0.382. The zero-order valence-electron chi connectivity index (χ0n) is 19.5. The fraction of sp³-hybridized carbons (Fsp3) is 0.214. The van der Waals surface area contributed by atoms with Crippen molar-refractivity contribution in [3.05, 3.63) is 108 Å². The van der Waals surface area contributed by atoms with E-state index in [9.17, 15) is 14.4 Å². The number of rotatable bonds is 9. The van der Waals surface area contributed by atoms with Crippen LogP contribution in [0.1, 0.15) is 43.0 Å². The summed E-state index contributed by atoms with van der Waals surface area (Å²) in [5, 5.41) is 8.12. The molecular formula is C28H29N3O3. The normalized spacial score (nSPS) is 12.0. The van der Waals surface area contributed by atoms with Crippen molar-refractivity contribution in [3.8, 4) is 0 Å². The molecule has 174 valence electrons. The lowest BCUT2D eigenvalue weighted by Gasteiger charge is -2.18. The molecule has 0 spiro atoms. The van der Waals surface area contributed by atoms with E-state index in [2.05, 4.69) is 10.4 Å². The summed E-state index contributed by atoms with van der Waals surface area (Å²) >= 11 is 0. The van der Waals surface area contributed by atoms with E-state index < -0.39 is 11.8 Å². The topological polar surface area (TPSA) is 78.8 Å². The Hall–Kier alpha value is -4.06. The summed E-state index contributed by atoms with van der Waals surface area (Å²) in [6.45, 7) is 3.55. The zero-order chi connectivity index (χ0) is 24.3. The Morgan fingerprint density at radius 2 is 1.21 bits per heavy atom. The molecule has 0 aliphatic heterocycles. The van der Waals surface area contributed by atoms with E-state index in [1.807, 2.05) is 97.9 Å². The fourth-order valence-corrected chi connectivity index (χ4v) is 3.50. The summed E-state index contributed by atoms with van der Waals surface area (Å²) in [5.74, 6) is -1.11. The predicted molar refractivity (Wildman–Crippen MR) is 133 cm³/mol. The molecule has 0 aliphatic carbocycles. The van der Waals surface area contributed by atoms with E-state index >= 15 is 0 Å². The van der Waals surface area contributed by atoms with Crippen LogP contribution in [0.4, 0.5) is 0 Å². The maximum absolute atomic E-state index is 13.0. The molecule has 0 fully saturated rings. The molecule has 0 heterocycles. The highest BCUT2D eigenvalue weighted by Gasteiger charge is 2.22. The maximum Gasteiger partial charge on any atom is 0.254 e. The number of nitrogens with one attached hydrogen (secondary N) is 1. The van der Waals surface area contributed by atoms with Gasteiger partial charge < -0.3 is 5.32 Å². The van der Waals surface area contributed by atoms with E-state index in [4.69, 9.17) is 0 Å². The largest absolute Gasteiger partial charge is 0.349 e. The summed E-state index contributed by atoms with van der Waals surface area (Å²) in [7, 11) is 0. The van der Waals surface area contributed by atoms with Gasteiger partial charge in [0.1, 0.15) is 0 Å². The van der Waals surface area contributed by atoms with E-state index in [0.29, 0.717) is 5.71 Å². The number of imide groups is 1. The van der Waals surface area contributed by atoms with Crippen LogP contribution in [0.3, 0.4) is 0 Å². The van der Waals surface area contributed by atoms with Gasteiger partial charge in [0.05, 0.1) is 25.3 Å². The van der Waals surface area contributed by atoms with Gasteiger partial charge in [-0.1, -0.05) is 91.0 Å². The Morgan fingerprint density at radius 1 is 0.765 bits per heavy atom. The van der Waals surface area contributed by atoms with Crippen molar-refractivity contribution in [2.45, 2.75) is 39.2 Å². The van der Waals surface area contributed by atoms with Crippen LogP contribution < -0.4 is 5.32 Å². The highest BCUT2D eigenvalue weighted by molar-refractivity contribution is 6.03. The van der Waals surface area contributed by atoms with Gasteiger partial charge in [-0.25, -0.2) is 0 Å². The third-order valence-electron chi connectivity index (χ3n) is 5.23. The van der Waals surface area contributed by atoms with Gasteiger partial charge in [-0.2, -0.15) is 10.1 Å². The second-order valence-corrected chi connectivity index (χ2v) is 8.14. The smallest absolute Gasteiger partial charge is 0.254 e. The second-order valence-electron chi connectivity index (χ2n) is 8.14. The van der Waals surface area contributed by atoms with Crippen molar-refractivity contribution in [2.75, 3.05) is 0 Å². The minimum atomic E-state index is -0.440. The SMILES string of the molecule is C/C(CC(=O)NC(C)c1ccccc1)=N\N(C(=O)Cc1ccccc1)C(=O)Cc1ccccc1. The van der Waals surface area contributed by atoms with Gasteiger partial charge >= 0.3 is 0 Å². The van der Waals surface area contributed by atoms with Gasteiger partial charge in [0, 0.05) is 5.71 Å². The lowest BCUT2D eigenvalue weighted by molar-refractivity contribution is -0.144. The van der Waals surface area contributed by atoms with Crippen LogP contribution in [-0.2, 0) is 27.2 Å². The molecule has 1 atom stereocenters. The molecule has 34 heavy (non-hydrogen) atoms. The number of nitrogens with zero attached hydrogens (tertiary/aromatic N) is 2. The molecule has 6 heteroatoms. The van der Waals surface area contributed by atoms with Crippen LogP contribution >= 0.6 is 0 Å². The van der Waals surface area contributed by atoms with Crippen LogP contribution in [0.15, 0.2) is 96.1 Å². The first-order valence-corrected chi connectivity index (χ1v) is 11.2. The number of carbonyl (C=O) groups excluding carboxylic acids is 3. The minimum absolute atomic E-state index is 0.0229. The van der Waals surface area contributed by atoms with Crippen LogP contribution in [0.2, 0.25) is 0 Å². The average molecular weight is 456 g/mol. The van der Waals surface area contributed by atoms with Crippen molar-refractivity contribution in [1.29, 1.82) is 0 Å². The Labute approximate surface area is 200 Å². The Bertz CT molecular complexity index is 1080. The number of hydrazone groups is 1. The number of amides is 3. The van der Waals surface area contributed by atoms with Gasteiger partial charge in [0.15, 0.2) is 0 Å². The average Bonchev–Trinajstić information content (AvgIpc) is 2.84. The summed E-state index contributed by atoms with van der Waals surface area (Å²) in [5.41, 5.74) is 2.93. The summed E-state index contributed by atoms with van der Waals surface area (Å²) in [4.78, 5) is 38.6. The van der Waals surface area contributed by atoms with E-state index in [1.165, 1.54) is 0 Å². The lowest BCUT2D eigenvalue weighted by atomic mass is 10.1. The molecule has 1 unspecified atom stereocenters. The molecule has 3 amide bonds. The minimum Gasteiger partial charge on any atom is -0.349 e. The van der Waals surface area contributed by atoms with Crippen LogP contribution in [0.25, 0.3) is 0 Å². The summed E-state index contributed by atoms with van der Waals surface area (Å²) in [6, 6.07) is 27.9. The molecule has 0 aliphatic rings. The van der Waals surface area contributed by atoms with Crippen molar-refractivity contribution in [2.24, 2.45) is 5.10 Å². The van der Waals surface area contributed by atoms with Gasteiger partial charge in [-0.05, 0) is 30.5 Å². The van der Waals surface area contributed by atoms with Gasteiger partial charge in [-0.15, -0.1) is 0 Å². The standard InChI is InChI=1S/C28H29N3O3/c1-21(18-26(32)29-22(2)25-16-10-5-11-17-25)30-31(27(33)19-23-12-6-3-7-13-23)28(34)20-24-14-8-4-9-15-24/h3-17,22H,18-20H2,1-2H3,(H,29,32)/b30-21+. The zero-order valence-corrected chi connectivity index (χ0v) is 19.5. The van der Waals surface area contributed by atoms with Gasteiger partial charge in [0.2, 0.25) is 5.91 Å². The molecule has 0 saturated heterocycles. The summed E-state index contributed by atoms with van der Waals surface area (Å²) in [6.07, 6.45) is 0.0513. The summed E-state index contributed by atoms with van der Waals surface area (Å²) < 4.78 is 0. The first-order valence-electron chi connectivity index (χ1n) is 11.2. The van der Waals surface area contributed by atoms with Crippen LogP contribution in [-0.4, -0.2) is 28.4 Å². The second kappa shape index (κ2) is 12.3. The maximum atomic E-state index is 13.0. The fourth-order valence-electron chi connectivity index (χ4n) is 3.50. The van der Waals surface area contributed by atoms with Crippen LogP contribution in [0, 0.1) is 0 Å². The Morgan fingerprint density at radius 3 is 1.68 bits per heavy atom. The Kier molecular flexibility index (Phi) is 8.86. The molecule has 3 aromatic rings. The third kappa shape index (κ3) is 7.52. The molecule has 6 nitrogen and oxygen atoms in total. The number of benzene rings is 3. The molecule has 3 rings (SSSR count). The number of carbonyl (C=O) groups is 3. The number of hydrogen-bond donors (Lipinski definition) is 1. The van der Waals surface area contributed by atoms with Crippen molar-refractivity contribution in [1.82, 2.24) is 10.3 Å². The molecule has 0 radical (unpaired) electrons. The lowest BCUT2D eigenvalue weighted by Crippen LogP contribution is -2.36. The monoisotopic (exact) mass is 455 g/mol. The van der Waals surface area contributed by atoms with E-state index in [0.717, 1.165) is 21.7 Å². The predicted octanol–water partition coefficient (Wildman–Crippen LogP) is 4.47. The molecule has 1 N–H and O–H groups in total. The van der Waals surface area contributed by atoms with Crippen molar-refractivity contribution >= 4 is 23.4 Å². The van der Waals surface area contributed by atoms with Gasteiger partial charge in [-0.3, -0.25) is 14.4 Å². The molecule has 0 aromatic heterocycles. The van der Waals surface area contributed by atoms with Crippen molar-refractivity contribution < 1.29 is 14.4 Å². The van der Waals surface area contributed by atoms with E-state index in [-0.39, 0.29) is 31.2 Å². The van der Waals surface area contributed by atoms with E-state index in [1.54, 1.807) is 6.92 Å². The van der Waals surface area contributed by atoms with Crippen LogP contribution in [0.5, 0.6) is 0 Å². The molecule has 0 bridgehead atoms. The highest BCUT2D eigenvalue weighted by atomic mass is 16.2. The third-order valence-corrected chi connectivity index (χ3v) is 5.23. The number of hydrogen-bond acceptors (Lipinski definition) is 4. The first kappa shape index (κ1) is 24.6.